The van der Waals surface area contributed by atoms with Crippen molar-refractivity contribution in [3.8, 4) is 0 Å². The highest BCUT2D eigenvalue weighted by Crippen LogP contribution is 2.26. The van der Waals surface area contributed by atoms with Crippen molar-refractivity contribution in [2.24, 2.45) is 0 Å². The Morgan fingerprint density at radius 2 is 1.83 bits per heavy atom. The molecule has 1 amide bonds. The van der Waals surface area contributed by atoms with Gasteiger partial charge in [0.1, 0.15) is 0 Å². The minimum atomic E-state index is 0.0330. The van der Waals surface area contributed by atoms with Gasteiger partial charge in [-0.05, 0) is 43.0 Å². The summed E-state index contributed by atoms with van der Waals surface area (Å²) < 4.78 is 0. The van der Waals surface area contributed by atoms with Crippen molar-refractivity contribution in [1.82, 2.24) is 19.8 Å². The van der Waals surface area contributed by atoms with E-state index in [9.17, 15) is 4.79 Å². The van der Waals surface area contributed by atoms with Crippen molar-refractivity contribution >= 4 is 23.5 Å². The summed E-state index contributed by atoms with van der Waals surface area (Å²) in [4.78, 5) is 29.3. The maximum Gasteiger partial charge on any atom is 0.253 e. The average molecular weight is 426 g/mol. The molecule has 1 saturated heterocycles. The second kappa shape index (κ2) is 8.52. The molecule has 7 heteroatoms. The zero-order valence-electron chi connectivity index (χ0n) is 17.3. The van der Waals surface area contributed by atoms with Gasteiger partial charge in [-0.1, -0.05) is 24.1 Å². The Bertz CT molecular complexity index is 924. The molecule has 0 spiro atoms. The van der Waals surface area contributed by atoms with Crippen molar-refractivity contribution in [1.29, 1.82) is 0 Å². The number of aromatic nitrogens is 2. The number of carbonyl (C=O) groups excluding carboxylic acids is 1. The lowest BCUT2D eigenvalue weighted by Crippen LogP contribution is -2.52. The zero-order valence-corrected chi connectivity index (χ0v) is 18.0. The highest BCUT2D eigenvalue weighted by Gasteiger charge is 2.29. The summed E-state index contributed by atoms with van der Waals surface area (Å²) in [6.45, 7) is 5.55. The summed E-state index contributed by atoms with van der Waals surface area (Å²) in [6, 6.07) is 7.99. The lowest BCUT2D eigenvalue weighted by Gasteiger charge is -2.43. The van der Waals surface area contributed by atoms with Gasteiger partial charge in [0.15, 0.2) is 0 Å². The van der Waals surface area contributed by atoms with Crippen LogP contribution in [0.4, 0.5) is 5.95 Å². The zero-order chi connectivity index (χ0) is 20.5. The van der Waals surface area contributed by atoms with Crippen LogP contribution >= 0.6 is 11.6 Å². The second-order valence-corrected chi connectivity index (χ2v) is 8.99. The normalized spacial score (nSPS) is 20.4. The highest BCUT2D eigenvalue weighted by atomic mass is 35.5. The van der Waals surface area contributed by atoms with Crippen LogP contribution in [-0.4, -0.2) is 71.0 Å². The monoisotopic (exact) mass is 425 g/mol. The van der Waals surface area contributed by atoms with Crippen LogP contribution in [0.1, 0.15) is 40.9 Å². The fraction of sp³-hybridized carbons (Fsp3) is 0.522. The van der Waals surface area contributed by atoms with E-state index in [-0.39, 0.29) is 5.91 Å². The molecule has 3 heterocycles. The number of rotatable bonds is 3. The van der Waals surface area contributed by atoms with E-state index >= 15 is 0 Å². The van der Waals surface area contributed by atoms with Crippen LogP contribution in [0.2, 0.25) is 5.02 Å². The Morgan fingerprint density at radius 3 is 2.57 bits per heavy atom. The van der Waals surface area contributed by atoms with Crippen molar-refractivity contribution < 1.29 is 4.79 Å². The van der Waals surface area contributed by atoms with Gasteiger partial charge < -0.3 is 9.80 Å². The standard InChI is InChI=1S/C23H28ClN5O/c24-19-4-1-3-17(15-19)22(30)28-9-7-18-16-25-23(26-21(18)8-10-28)29-13-11-27(12-14-29)20-5-2-6-20/h1,3-4,15-16,20H,2,5-14H2. The summed E-state index contributed by atoms with van der Waals surface area (Å²) in [5.74, 6) is 0.877. The molecule has 1 saturated carbocycles. The van der Waals surface area contributed by atoms with Gasteiger partial charge in [0, 0.05) is 68.5 Å². The minimum Gasteiger partial charge on any atom is -0.338 e. The molecule has 6 nitrogen and oxygen atoms in total. The summed E-state index contributed by atoms with van der Waals surface area (Å²) >= 11 is 6.07. The molecule has 158 valence electrons. The summed E-state index contributed by atoms with van der Waals surface area (Å²) in [6.07, 6.45) is 7.63. The van der Waals surface area contributed by atoms with Gasteiger partial charge in [-0.25, -0.2) is 9.97 Å². The molecule has 2 aromatic rings. The molecule has 1 aliphatic carbocycles. The maximum atomic E-state index is 12.9. The van der Waals surface area contributed by atoms with Crippen LogP contribution in [0.3, 0.4) is 0 Å². The third-order valence-corrected chi connectivity index (χ3v) is 6.99. The van der Waals surface area contributed by atoms with Crippen molar-refractivity contribution in [3.05, 3.63) is 52.3 Å². The molecule has 2 fully saturated rings. The number of hydrogen-bond acceptors (Lipinski definition) is 5. The Morgan fingerprint density at radius 1 is 1.03 bits per heavy atom. The van der Waals surface area contributed by atoms with Crippen molar-refractivity contribution in [2.75, 3.05) is 44.2 Å². The van der Waals surface area contributed by atoms with Crippen LogP contribution in [0.5, 0.6) is 0 Å². The molecule has 0 bridgehead atoms. The molecule has 0 N–H and O–H groups in total. The Balaban J connectivity index is 1.24. The molecule has 3 aliphatic rings. The van der Waals surface area contributed by atoms with E-state index in [1.165, 1.54) is 19.3 Å². The van der Waals surface area contributed by atoms with Crippen LogP contribution in [-0.2, 0) is 12.8 Å². The first kappa shape index (κ1) is 19.8. The molecule has 0 radical (unpaired) electrons. The smallest absolute Gasteiger partial charge is 0.253 e. The summed E-state index contributed by atoms with van der Waals surface area (Å²) in [5, 5.41) is 0.590. The highest BCUT2D eigenvalue weighted by molar-refractivity contribution is 6.30. The SMILES string of the molecule is O=C(c1cccc(Cl)c1)N1CCc2cnc(N3CCN(C4CCC4)CC3)nc2CC1. The number of anilines is 1. The number of carbonyl (C=O) groups is 1. The van der Waals surface area contributed by atoms with Gasteiger partial charge >= 0.3 is 0 Å². The largest absolute Gasteiger partial charge is 0.338 e. The molecule has 5 rings (SSSR count). The fourth-order valence-electron chi connectivity index (χ4n) is 4.66. The molecule has 1 aromatic carbocycles. The number of benzene rings is 1. The van der Waals surface area contributed by atoms with E-state index in [1.54, 1.807) is 12.1 Å². The Kier molecular flexibility index (Phi) is 5.61. The first-order valence-electron chi connectivity index (χ1n) is 11.1. The van der Waals surface area contributed by atoms with Crippen molar-refractivity contribution in [3.63, 3.8) is 0 Å². The topological polar surface area (TPSA) is 52.6 Å². The van der Waals surface area contributed by atoms with Gasteiger partial charge in [0.05, 0.1) is 5.69 Å². The Hall–Kier alpha value is -2.18. The fourth-order valence-corrected chi connectivity index (χ4v) is 4.85. The van der Waals surface area contributed by atoms with E-state index in [1.807, 2.05) is 23.2 Å². The van der Waals surface area contributed by atoms with Gasteiger partial charge in [-0.2, -0.15) is 0 Å². The van der Waals surface area contributed by atoms with E-state index < -0.39 is 0 Å². The molecule has 0 unspecified atom stereocenters. The number of amides is 1. The number of halogens is 1. The van der Waals surface area contributed by atoms with Crippen LogP contribution in [0.15, 0.2) is 30.5 Å². The second-order valence-electron chi connectivity index (χ2n) is 8.55. The van der Waals surface area contributed by atoms with E-state index in [0.717, 1.165) is 62.3 Å². The molecule has 1 aromatic heterocycles. The molecule has 2 aliphatic heterocycles. The van der Waals surface area contributed by atoms with Gasteiger partial charge in [0.25, 0.3) is 5.91 Å². The number of fused-ring (bicyclic) bond motifs is 1. The minimum absolute atomic E-state index is 0.0330. The molecular weight excluding hydrogens is 398 g/mol. The maximum absolute atomic E-state index is 12.9. The van der Waals surface area contributed by atoms with E-state index in [2.05, 4.69) is 14.8 Å². The summed E-state index contributed by atoms with van der Waals surface area (Å²) in [5.41, 5.74) is 2.89. The third-order valence-electron chi connectivity index (χ3n) is 6.76. The summed E-state index contributed by atoms with van der Waals surface area (Å²) in [7, 11) is 0. The number of hydrogen-bond donors (Lipinski definition) is 0. The third kappa shape index (κ3) is 4.03. The first-order chi connectivity index (χ1) is 14.7. The van der Waals surface area contributed by atoms with Crippen LogP contribution < -0.4 is 4.90 Å². The van der Waals surface area contributed by atoms with Crippen LogP contribution in [0.25, 0.3) is 0 Å². The van der Waals surface area contributed by atoms with Crippen LogP contribution in [0, 0.1) is 0 Å². The molecular formula is C23H28ClN5O. The predicted molar refractivity (Wildman–Crippen MR) is 118 cm³/mol. The van der Waals surface area contributed by atoms with E-state index in [4.69, 9.17) is 16.6 Å². The number of piperazine rings is 1. The average Bonchev–Trinajstić information content (AvgIpc) is 2.95. The predicted octanol–water partition coefficient (Wildman–Crippen LogP) is 3.05. The van der Waals surface area contributed by atoms with Gasteiger partial charge in [-0.15, -0.1) is 0 Å². The van der Waals surface area contributed by atoms with Gasteiger partial charge in [0.2, 0.25) is 5.95 Å². The number of nitrogens with zero attached hydrogens (tertiary/aromatic N) is 5. The van der Waals surface area contributed by atoms with E-state index in [0.29, 0.717) is 23.7 Å². The molecule has 30 heavy (non-hydrogen) atoms. The quantitative estimate of drug-likeness (QED) is 0.756. The lowest BCUT2D eigenvalue weighted by molar-refractivity contribution is 0.0763. The lowest BCUT2D eigenvalue weighted by atomic mass is 9.91. The van der Waals surface area contributed by atoms with Gasteiger partial charge in [-0.3, -0.25) is 9.69 Å². The first-order valence-corrected chi connectivity index (χ1v) is 11.4. The van der Waals surface area contributed by atoms with Crippen molar-refractivity contribution in [2.45, 2.75) is 38.1 Å². The molecule has 0 atom stereocenters. The Labute approximate surface area is 182 Å².